The molecule has 0 unspecified atom stereocenters. The number of nitrogens with one attached hydrogen (secondary N) is 1. The summed E-state index contributed by atoms with van der Waals surface area (Å²) in [5.41, 5.74) is 31.6. The zero-order chi connectivity index (χ0) is 94.0. The molecule has 0 saturated heterocycles. The van der Waals surface area contributed by atoms with E-state index >= 15 is 0 Å². The molecular formula is C110H160N12O2. The fourth-order valence-electron chi connectivity index (χ4n) is 12.7. The third-order valence-corrected chi connectivity index (χ3v) is 20.6. The van der Waals surface area contributed by atoms with Crippen LogP contribution < -0.4 is 10.3 Å². The van der Waals surface area contributed by atoms with Crippen molar-refractivity contribution < 1.29 is 4.74 Å². The number of ether oxygens (including phenoxy) is 1. The van der Waals surface area contributed by atoms with Crippen molar-refractivity contribution >= 4 is 0 Å². The van der Waals surface area contributed by atoms with Crippen LogP contribution in [0, 0.1) is 90.0 Å². The predicted octanol–water partition coefficient (Wildman–Crippen LogP) is 29.8. The summed E-state index contributed by atoms with van der Waals surface area (Å²) in [6.07, 6.45) is 30.0. The molecule has 0 bridgehead atoms. The van der Waals surface area contributed by atoms with E-state index < -0.39 is 0 Å². The van der Waals surface area contributed by atoms with Gasteiger partial charge in [-0.05, 0) is 322 Å². The lowest BCUT2D eigenvalue weighted by molar-refractivity contribution is 0.394. The topological polar surface area (TPSA) is 184 Å². The van der Waals surface area contributed by atoms with E-state index in [-0.39, 0.29) is 5.56 Å². The van der Waals surface area contributed by atoms with Crippen LogP contribution in [0.5, 0.6) is 5.88 Å². The van der Waals surface area contributed by atoms with Crippen molar-refractivity contribution in [3.63, 3.8) is 0 Å². The van der Waals surface area contributed by atoms with E-state index in [1.165, 1.54) is 106 Å². The molecule has 12 heterocycles. The molecule has 0 saturated carbocycles. The summed E-state index contributed by atoms with van der Waals surface area (Å²) in [5, 5.41) is 0. The fraction of sp³-hybridized carbons (Fsp3) is 0.455. The lowest BCUT2D eigenvalue weighted by Gasteiger charge is -2.08. The monoisotopic (exact) mass is 1680 g/mol. The number of aromatic amines is 1. The van der Waals surface area contributed by atoms with Gasteiger partial charge in [0.2, 0.25) is 11.4 Å². The molecule has 672 valence electrons. The third kappa shape index (κ3) is 44.6. The van der Waals surface area contributed by atoms with Gasteiger partial charge in [0.05, 0.1) is 7.11 Å². The Morgan fingerprint density at radius 1 is 0.258 bits per heavy atom. The highest BCUT2D eigenvalue weighted by molar-refractivity contribution is 5.32. The van der Waals surface area contributed by atoms with Gasteiger partial charge in [0.15, 0.2) is 0 Å². The van der Waals surface area contributed by atoms with E-state index in [0.29, 0.717) is 71.0 Å². The minimum atomic E-state index is -0.0376. The van der Waals surface area contributed by atoms with Gasteiger partial charge in [-0.25, -0.2) is 4.98 Å². The number of aromatic nitrogens is 12. The minimum Gasteiger partial charge on any atom is -0.481 e. The first-order chi connectivity index (χ1) is 58.3. The maximum Gasteiger partial charge on any atom is 0.247 e. The average Bonchev–Trinajstić information content (AvgIpc) is 0.866. The van der Waals surface area contributed by atoms with E-state index in [1.807, 2.05) is 139 Å². The van der Waals surface area contributed by atoms with Crippen LogP contribution in [0.25, 0.3) is 0 Å². The molecule has 0 aromatic carbocycles. The number of nitrogens with zero attached hydrogens (tertiary/aromatic N) is 11. The molecular weight excluding hydrogens is 1520 g/mol. The Morgan fingerprint density at radius 3 is 0.968 bits per heavy atom. The maximum atomic E-state index is 10.6. The van der Waals surface area contributed by atoms with Gasteiger partial charge >= 0.3 is 0 Å². The zero-order valence-corrected chi connectivity index (χ0v) is 83.7. The van der Waals surface area contributed by atoms with Gasteiger partial charge in [-0.15, -0.1) is 0 Å². The lowest BCUT2D eigenvalue weighted by atomic mass is 10.0. The largest absolute Gasteiger partial charge is 0.481 e. The van der Waals surface area contributed by atoms with E-state index in [9.17, 15) is 4.79 Å². The van der Waals surface area contributed by atoms with Crippen molar-refractivity contribution in [3.8, 4) is 5.88 Å². The number of pyridine rings is 12. The quantitative estimate of drug-likeness (QED) is 0.115. The summed E-state index contributed by atoms with van der Waals surface area (Å²) in [4.78, 5) is 58.9. The molecule has 14 nitrogen and oxygen atoms in total. The average molecular weight is 1680 g/mol. The second-order valence-corrected chi connectivity index (χ2v) is 35.5. The van der Waals surface area contributed by atoms with Crippen molar-refractivity contribution in [1.82, 2.24) is 59.8 Å². The first-order valence-electron chi connectivity index (χ1n) is 44.6. The fourth-order valence-corrected chi connectivity index (χ4v) is 12.7. The Bertz CT molecular complexity index is 4540. The summed E-state index contributed by atoms with van der Waals surface area (Å²) >= 11 is 0. The van der Waals surface area contributed by atoms with Gasteiger partial charge in [0, 0.05) is 145 Å². The van der Waals surface area contributed by atoms with E-state index in [2.05, 4.69) is 367 Å². The van der Waals surface area contributed by atoms with Crippen LogP contribution in [0.3, 0.4) is 0 Å². The SMILES string of the molecule is CC(C)c1ccc(=O)[nH]c1.COc1ncc(C(C)C)cc1C.Cc1cc(C(C)C)ccn1.Cc1cc(C(C)C)cnc1C.Cc1ccc(C(C)C)c(C)n1.Cc1ccncc1C(C)C.Cc1cncc(C(C)C)c1.Cc1cnccc1C(C)C.Cc1cnccc1C(C)C.Cc1cnccc1C(C)C.Cc1ncccc1C(C)C.Cc1ncccc1C(C)C. The molecule has 14 heteroatoms. The molecule has 0 aliphatic rings. The highest BCUT2D eigenvalue weighted by atomic mass is 16.5. The molecule has 0 fully saturated rings. The number of rotatable bonds is 13. The Morgan fingerprint density at radius 2 is 0.661 bits per heavy atom. The van der Waals surface area contributed by atoms with Crippen LogP contribution in [0.15, 0.2) is 207 Å². The first kappa shape index (κ1) is 111. The van der Waals surface area contributed by atoms with Crippen LogP contribution >= 0.6 is 0 Å². The molecule has 12 rings (SSSR count). The summed E-state index contributed by atoms with van der Waals surface area (Å²) in [6.45, 7) is 79.1. The maximum absolute atomic E-state index is 10.6. The molecule has 0 spiro atoms. The smallest absolute Gasteiger partial charge is 0.247 e. The van der Waals surface area contributed by atoms with Gasteiger partial charge in [-0.3, -0.25) is 54.6 Å². The van der Waals surface area contributed by atoms with Crippen LogP contribution in [-0.4, -0.2) is 66.9 Å². The molecule has 1 N–H and O–H groups in total. The highest BCUT2D eigenvalue weighted by Crippen LogP contribution is 2.25. The summed E-state index contributed by atoms with van der Waals surface area (Å²) in [5.74, 6) is 7.72. The second-order valence-electron chi connectivity index (χ2n) is 35.5. The van der Waals surface area contributed by atoms with Crippen LogP contribution in [-0.2, 0) is 0 Å². The first-order valence-corrected chi connectivity index (χ1v) is 44.6. The number of H-pyrrole nitrogens is 1. The summed E-state index contributed by atoms with van der Waals surface area (Å²) in [7, 11) is 1.64. The third-order valence-electron chi connectivity index (χ3n) is 20.6. The molecule has 0 amide bonds. The van der Waals surface area contributed by atoms with Crippen molar-refractivity contribution in [2.24, 2.45) is 0 Å². The molecule has 124 heavy (non-hydrogen) atoms. The predicted molar refractivity (Wildman–Crippen MR) is 531 cm³/mol. The number of hydrogen-bond acceptors (Lipinski definition) is 13. The number of methoxy groups -OCH3 is 1. The Labute approximate surface area is 752 Å². The van der Waals surface area contributed by atoms with Gasteiger partial charge < -0.3 is 9.72 Å². The summed E-state index contributed by atoms with van der Waals surface area (Å²) in [6, 6.07) is 34.9. The van der Waals surface area contributed by atoms with Crippen LogP contribution in [0.1, 0.15) is 377 Å². The van der Waals surface area contributed by atoms with Crippen LogP contribution in [0.2, 0.25) is 0 Å². The van der Waals surface area contributed by atoms with Gasteiger partial charge in [-0.1, -0.05) is 203 Å². The second kappa shape index (κ2) is 60.1. The minimum absolute atomic E-state index is 0.0376. The molecule has 0 atom stereocenters. The summed E-state index contributed by atoms with van der Waals surface area (Å²) < 4.78 is 5.07. The van der Waals surface area contributed by atoms with Crippen molar-refractivity contribution in [1.29, 1.82) is 0 Å². The molecule has 0 aliphatic carbocycles. The van der Waals surface area contributed by atoms with E-state index in [0.717, 1.165) is 39.9 Å². The molecule has 12 aromatic heterocycles. The normalized spacial score (nSPS) is 10.4. The Hall–Kier alpha value is -10.6. The molecule has 0 radical (unpaired) electrons. The van der Waals surface area contributed by atoms with Gasteiger partial charge in [0.1, 0.15) is 0 Å². The van der Waals surface area contributed by atoms with Gasteiger partial charge in [-0.2, -0.15) is 0 Å². The molecule has 12 aromatic rings. The number of aryl methyl sites for hydroxylation is 13. The highest BCUT2D eigenvalue weighted by Gasteiger charge is 2.10. The standard InChI is InChI=1S/C10H15NO.2C10H15N.8C9H13N.C8H11NO/c1-7(2)9-5-8(3)10(12-4)11-6-9;1-7(2)10-5-8(3)9(4)11-6-10;1-7(2)10-6-5-8(3)11-9(10)4;1-7(2)9-4-8(3)5-10-6-9;3*1-7(2)9-4-5-10-6-8(9)3;1-7(2)9-4-5-10-8(3)6-9;1-7(2)9-6-10-5-4-8(9)3;2*1-7(2)9-5-4-6-10-8(9)3;1-6(2)7-3-4-8(10)9-5-7/h5-7H,1-4H3;2*5-7H,1-4H3;8*4-7H,1-3H3;3-6H,1-2H3,(H,9,10). The zero-order valence-electron chi connectivity index (χ0n) is 83.7. The van der Waals surface area contributed by atoms with E-state index in [1.54, 1.807) is 19.4 Å². The Balaban J connectivity index is 0.000000677. The number of hydrogen-bond donors (Lipinski definition) is 1. The van der Waals surface area contributed by atoms with Crippen molar-refractivity contribution in [2.45, 2.75) is 327 Å². The Kier molecular flexibility index (Phi) is 54.0. The van der Waals surface area contributed by atoms with Crippen molar-refractivity contribution in [3.05, 3.63) is 353 Å². The van der Waals surface area contributed by atoms with Crippen molar-refractivity contribution in [2.75, 3.05) is 7.11 Å². The van der Waals surface area contributed by atoms with E-state index in [4.69, 9.17) is 4.74 Å². The lowest BCUT2D eigenvalue weighted by Crippen LogP contribution is -2.03. The van der Waals surface area contributed by atoms with Gasteiger partial charge in [0.25, 0.3) is 0 Å². The van der Waals surface area contributed by atoms with Crippen LogP contribution in [0.4, 0.5) is 0 Å². The molecule has 0 aliphatic heterocycles.